The summed E-state index contributed by atoms with van der Waals surface area (Å²) in [5, 5.41) is 3.74. The van der Waals surface area contributed by atoms with Crippen molar-refractivity contribution in [2.75, 3.05) is 18.3 Å². The second-order valence-corrected chi connectivity index (χ2v) is 8.23. The number of likely N-dealkylation sites (N-methyl/N-ethyl adjacent to an activating group) is 1. The summed E-state index contributed by atoms with van der Waals surface area (Å²) in [5.41, 5.74) is 0.311. The van der Waals surface area contributed by atoms with E-state index in [4.69, 9.17) is 23.2 Å². The van der Waals surface area contributed by atoms with Crippen molar-refractivity contribution >= 4 is 50.2 Å². The van der Waals surface area contributed by atoms with Gasteiger partial charge in [-0.15, -0.1) is 11.3 Å². The maximum Gasteiger partial charge on any atom is 0.271 e. The zero-order valence-corrected chi connectivity index (χ0v) is 14.3. The fourth-order valence-electron chi connectivity index (χ4n) is 1.65. The normalized spacial score (nSPS) is 11.6. The van der Waals surface area contributed by atoms with Crippen molar-refractivity contribution in [3.05, 3.63) is 45.3 Å². The molecule has 114 valence electrons. The summed E-state index contributed by atoms with van der Waals surface area (Å²) in [6.45, 7) is 0.802. The van der Waals surface area contributed by atoms with Crippen molar-refractivity contribution < 1.29 is 8.42 Å². The number of nitrogens with one attached hydrogen (secondary N) is 2. The van der Waals surface area contributed by atoms with E-state index >= 15 is 0 Å². The van der Waals surface area contributed by atoms with E-state index in [1.54, 1.807) is 12.1 Å². The predicted octanol–water partition coefficient (Wildman–Crippen LogP) is 3.62. The fourth-order valence-corrected chi connectivity index (χ4v) is 4.60. The monoisotopic (exact) mass is 364 g/mol. The summed E-state index contributed by atoms with van der Waals surface area (Å²) in [7, 11) is -1.78. The molecule has 2 aromatic rings. The van der Waals surface area contributed by atoms with Crippen molar-refractivity contribution in [3.63, 3.8) is 0 Å². The van der Waals surface area contributed by atoms with Gasteiger partial charge in [0.1, 0.15) is 4.21 Å². The van der Waals surface area contributed by atoms with E-state index in [-0.39, 0.29) is 9.23 Å². The van der Waals surface area contributed by atoms with Crippen molar-refractivity contribution in [3.8, 4) is 0 Å². The van der Waals surface area contributed by atoms with Gasteiger partial charge in [-0.05, 0) is 50.3 Å². The summed E-state index contributed by atoms with van der Waals surface area (Å²) >= 11 is 13.0. The van der Waals surface area contributed by atoms with Gasteiger partial charge in [0, 0.05) is 9.90 Å². The number of sulfonamides is 1. The Morgan fingerprint density at radius 3 is 2.62 bits per heavy atom. The topological polar surface area (TPSA) is 58.2 Å². The number of benzene rings is 1. The number of hydrogen-bond acceptors (Lipinski definition) is 4. The Bertz CT molecular complexity index is 730. The van der Waals surface area contributed by atoms with Crippen LogP contribution in [-0.2, 0) is 16.4 Å². The molecule has 0 atom stereocenters. The Morgan fingerprint density at radius 2 is 1.95 bits per heavy atom. The summed E-state index contributed by atoms with van der Waals surface area (Å²) in [6.07, 6.45) is 0.790. The highest BCUT2D eigenvalue weighted by molar-refractivity contribution is 7.94. The third kappa shape index (κ3) is 4.34. The Balaban J connectivity index is 2.19. The third-order valence-electron chi connectivity index (χ3n) is 2.70. The highest BCUT2D eigenvalue weighted by atomic mass is 35.5. The Hall–Kier alpha value is -0.790. The van der Waals surface area contributed by atoms with Gasteiger partial charge in [0.15, 0.2) is 0 Å². The number of hydrogen-bond donors (Lipinski definition) is 2. The minimum absolute atomic E-state index is 0.262. The first-order valence-corrected chi connectivity index (χ1v) is 9.19. The van der Waals surface area contributed by atoms with Crippen LogP contribution in [0.2, 0.25) is 10.0 Å². The predicted molar refractivity (Wildman–Crippen MR) is 89.2 cm³/mol. The fraction of sp³-hybridized carbons (Fsp3) is 0.231. The van der Waals surface area contributed by atoms with Gasteiger partial charge < -0.3 is 5.32 Å². The average molecular weight is 365 g/mol. The SMILES string of the molecule is CNCCc1ccc(S(=O)(=O)Nc2ccc(Cl)cc2Cl)s1. The molecule has 0 aliphatic carbocycles. The van der Waals surface area contributed by atoms with Crippen LogP contribution in [0.25, 0.3) is 0 Å². The second kappa shape index (κ2) is 6.98. The van der Waals surface area contributed by atoms with Gasteiger partial charge in [-0.1, -0.05) is 23.2 Å². The maximum atomic E-state index is 12.3. The van der Waals surface area contributed by atoms with Gasteiger partial charge in [-0.3, -0.25) is 4.72 Å². The number of anilines is 1. The average Bonchev–Trinajstić information content (AvgIpc) is 2.89. The van der Waals surface area contributed by atoms with Crippen molar-refractivity contribution in [2.45, 2.75) is 10.6 Å². The molecule has 0 fully saturated rings. The third-order valence-corrected chi connectivity index (χ3v) is 6.25. The van der Waals surface area contributed by atoms with Gasteiger partial charge in [0.25, 0.3) is 10.0 Å². The Morgan fingerprint density at radius 1 is 1.19 bits per heavy atom. The lowest BCUT2D eigenvalue weighted by molar-refractivity contribution is 0.603. The number of thiophene rings is 1. The molecule has 21 heavy (non-hydrogen) atoms. The van der Waals surface area contributed by atoms with Crippen molar-refractivity contribution in [1.82, 2.24) is 5.32 Å². The Labute approximate surface area is 138 Å². The number of rotatable bonds is 6. The lowest BCUT2D eigenvalue weighted by Crippen LogP contribution is -2.11. The molecule has 0 saturated carbocycles. The lowest BCUT2D eigenvalue weighted by Gasteiger charge is -2.08. The minimum atomic E-state index is -3.63. The van der Waals surface area contributed by atoms with Crippen LogP contribution < -0.4 is 10.0 Å². The van der Waals surface area contributed by atoms with E-state index in [1.807, 2.05) is 13.1 Å². The minimum Gasteiger partial charge on any atom is -0.319 e. The molecule has 2 rings (SSSR count). The van der Waals surface area contributed by atoms with Gasteiger partial charge >= 0.3 is 0 Å². The van der Waals surface area contributed by atoms with Gasteiger partial charge in [-0.25, -0.2) is 8.42 Å². The van der Waals surface area contributed by atoms with Crippen LogP contribution in [0.3, 0.4) is 0 Å². The van der Waals surface area contributed by atoms with E-state index in [2.05, 4.69) is 10.0 Å². The zero-order chi connectivity index (χ0) is 15.5. The van der Waals surface area contributed by atoms with Gasteiger partial charge in [0.2, 0.25) is 0 Å². The molecule has 1 heterocycles. The standard InChI is InChI=1S/C13H14Cl2N2O2S2/c1-16-7-6-10-3-5-13(20-10)21(18,19)17-12-4-2-9(14)8-11(12)15/h2-5,8,16-17H,6-7H2,1H3. The van der Waals surface area contributed by atoms with Crippen LogP contribution in [0, 0.1) is 0 Å². The van der Waals surface area contributed by atoms with Gasteiger partial charge in [-0.2, -0.15) is 0 Å². The van der Waals surface area contributed by atoms with E-state index in [0.717, 1.165) is 17.8 Å². The molecule has 0 bridgehead atoms. The summed E-state index contributed by atoms with van der Waals surface area (Å²) in [4.78, 5) is 1.01. The highest BCUT2D eigenvalue weighted by Crippen LogP contribution is 2.29. The Kier molecular flexibility index (Phi) is 5.51. The first-order valence-electron chi connectivity index (χ1n) is 6.13. The van der Waals surface area contributed by atoms with Crippen LogP contribution in [0.5, 0.6) is 0 Å². The molecule has 2 N–H and O–H groups in total. The van der Waals surface area contributed by atoms with Crippen molar-refractivity contribution in [1.29, 1.82) is 0 Å². The molecule has 0 saturated heterocycles. The second-order valence-electron chi connectivity index (χ2n) is 4.30. The summed E-state index contributed by atoms with van der Waals surface area (Å²) in [6, 6.07) is 8.03. The van der Waals surface area contributed by atoms with E-state index in [0.29, 0.717) is 10.7 Å². The highest BCUT2D eigenvalue weighted by Gasteiger charge is 2.18. The summed E-state index contributed by atoms with van der Waals surface area (Å²) < 4.78 is 27.4. The van der Waals surface area contributed by atoms with Gasteiger partial charge in [0.05, 0.1) is 10.7 Å². The quantitative estimate of drug-likeness (QED) is 0.822. The summed E-state index contributed by atoms with van der Waals surface area (Å²) in [5.74, 6) is 0. The van der Waals surface area contributed by atoms with E-state index in [1.165, 1.54) is 23.5 Å². The molecular weight excluding hydrogens is 351 g/mol. The first-order chi connectivity index (χ1) is 9.92. The van der Waals surface area contributed by atoms with E-state index in [9.17, 15) is 8.42 Å². The number of halogens is 2. The largest absolute Gasteiger partial charge is 0.319 e. The molecule has 1 aromatic heterocycles. The lowest BCUT2D eigenvalue weighted by atomic mass is 10.3. The molecule has 0 aliphatic rings. The molecule has 8 heteroatoms. The first kappa shape index (κ1) is 16.6. The molecule has 0 radical (unpaired) electrons. The van der Waals surface area contributed by atoms with Crippen LogP contribution in [0.4, 0.5) is 5.69 Å². The van der Waals surface area contributed by atoms with E-state index < -0.39 is 10.0 Å². The molecule has 1 aromatic carbocycles. The molecule has 0 aliphatic heterocycles. The zero-order valence-electron chi connectivity index (χ0n) is 11.2. The van der Waals surface area contributed by atoms with Crippen LogP contribution >= 0.6 is 34.5 Å². The maximum absolute atomic E-state index is 12.3. The molecule has 4 nitrogen and oxygen atoms in total. The molecule has 0 unspecified atom stereocenters. The van der Waals surface area contributed by atoms with Crippen LogP contribution in [0.15, 0.2) is 34.5 Å². The molecule has 0 spiro atoms. The van der Waals surface area contributed by atoms with Crippen molar-refractivity contribution in [2.24, 2.45) is 0 Å². The smallest absolute Gasteiger partial charge is 0.271 e. The van der Waals surface area contributed by atoms with Crippen LogP contribution in [-0.4, -0.2) is 22.0 Å². The molecule has 0 amide bonds. The molecular formula is C13H14Cl2N2O2S2. The van der Waals surface area contributed by atoms with Crippen LogP contribution in [0.1, 0.15) is 4.88 Å².